The van der Waals surface area contributed by atoms with Crippen molar-refractivity contribution in [2.24, 2.45) is 0 Å². The van der Waals surface area contributed by atoms with E-state index in [1.165, 1.54) is 12.1 Å². The Kier molecular flexibility index (Phi) is 7.79. The number of nitrogens with zero attached hydrogens (tertiary/aromatic N) is 1. The van der Waals surface area contributed by atoms with Crippen LogP contribution in [0, 0.1) is 5.82 Å². The molecule has 1 N–H and O–H groups in total. The van der Waals surface area contributed by atoms with Crippen LogP contribution in [-0.2, 0) is 13.0 Å². The summed E-state index contributed by atoms with van der Waals surface area (Å²) in [6, 6.07) is 22.1. The zero-order chi connectivity index (χ0) is 21.6. The lowest BCUT2D eigenvalue weighted by Gasteiger charge is -2.07. The number of pyridine rings is 1. The number of rotatable bonds is 7. The number of ether oxygens (including phenoxy) is 1. The molecule has 0 atom stereocenters. The summed E-state index contributed by atoms with van der Waals surface area (Å²) >= 11 is 0. The van der Waals surface area contributed by atoms with Crippen LogP contribution in [0.5, 0.6) is 5.75 Å². The second kappa shape index (κ2) is 10.7. The fourth-order valence-electron chi connectivity index (χ4n) is 3.48. The number of halogens is 2. The van der Waals surface area contributed by atoms with Gasteiger partial charge in [-0.15, -0.1) is 0 Å². The van der Waals surface area contributed by atoms with Crippen LogP contribution < -0.4 is 27.0 Å². The van der Waals surface area contributed by atoms with Gasteiger partial charge in [0, 0.05) is 29.8 Å². The van der Waals surface area contributed by atoms with E-state index in [1.807, 2.05) is 65.5 Å². The number of carbonyl (C=O) groups excluding carboxylic acids is 1. The Morgan fingerprint density at radius 1 is 0.906 bits per heavy atom. The van der Waals surface area contributed by atoms with Gasteiger partial charge in [0.1, 0.15) is 11.6 Å². The lowest BCUT2D eigenvalue weighted by molar-refractivity contribution is -0.688. The van der Waals surface area contributed by atoms with Crippen LogP contribution in [0.3, 0.4) is 0 Å². The molecule has 4 rings (SSSR count). The van der Waals surface area contributed by atoms with Crippen molar-refractivity contribution in [3.63, 3.8) is 0 Å². The lowest BCUT2D eigenvalue weighted by Crippen LogP contribution is -3.00. The summed E-state index contributed by atoms with van der Waals surface area (Å²) in [5.41, 5.74) is 2.82. The molecule has 3 aromatic carbocycles. The van der Waals surface area contributed by atoms with Gasteiger partial charge in [-0.2, -0.15) is 0 Å². The predicted molar refractivity (Wildman–Crippen MR) is 119 cm³/mol. The Balaban J connectivity index is 0.00000289. The molecule has 1 heterocycles. The van der Waals surface area contributed by atoms with Crippen molar-refractivity contribution in [3.05, 3.63) is 108 Å². The van der Waals surface area contributed by atoms with E-state index in [4.69, 9.17) is 4.74 Å². The molecular weight excluding hydrogens is 427 g/mol. The minimum atomic E-state index is -0.227. The third kappa shape index (κ3) is 5.83. The number of methoxy groups -OCH3 is 1. The fraction of sp³-hybridized carbons (Fsp3) is 0.154. The van der Waals surface area contributed by atoms with Crippen molar-refractivity contribution >= 4 is 16.7 Å². The molecule has 0 radical (unpaired) electrons. The monoisotopic (exact) mass is 450 g/mol. The summed E-state index contributed by atoms with van der Waals surface area (Å²) in [4.78, 5) is 12.5. The molecule has 0 bridgehead atoms. The molecule has 0 aliphatic heterocycles. The number of hydrogen-bond donors (Lipinski definition) is 1. The molecule has 6 heteroatoms. The van der Waals surface area contributed by atoms with Crippen molar-refractivity contribution in [2.75, 3.05) is 13.7 Å². The molecule has 164 valence electrons. The highest BCUT2D eigenvalue weighted by Crippen LogP contribution is 2.21. The van der Waals surface area contributed by atoms with Crippen LogP contribution in [0.4, 0.5) is 4.39 Å². The first-order valence-electron chi connectivity index (χ1n) is 10.2. The van der Waals surface area contributed by atoms with Gasteiger partial charge in [0.2, 0.25) is 0 Å². The van der Waals surface area contributed by atoms with Gasteiger partial charge < -0.3 is 22.5 Å². The molecule has 0 unspecified atom stereocenters. The van der Waals surface area contributed by atoms with Crippen LogP contribution in [0.15, 0.2) is 85.2 Å². The number of aromatic nitrogens is 1. The minimum absolute atomic E-state index is 0. The summed E-state index contributed by atoms with van der Waals surface area (Å²) < 4.78 is 20.3. The molecule has 1 aromatic heterocycles. The van der Waals surface area contributed by atoms with Gasteiger partial charge in [0.05, 0.1) is 7.11 Å². The maximum Gasteiger partial charge on any atom is 0.251 e. The molecule has 0 spiro atoms. The number of fused-ring (bicyclic) bond motifs is 1. The van der Waals surface area contributed by atoms with Gasteiger partial charge in [-0.3, -0.25) is 4.79 Å². The SMILES string of the molecule is COc1ccc2cc(C(=O)NCCc3cc[n+](Cc4ccc(F)cc4)cc3)ccc2c1.[Cl-]. The van der Waals surface area contributed by atoms with Gasteiger partial charge in [0.15, 0.2) is 18.9 Å². The van der Waals surface area contributed by atoms with Gasteiger partial charge >= 0.3 is 0 Å². The summed E-state index contributed by atoms with van der Waals surface area (Å²) in [6.45, 7) is 1.24. The van der Waals surface area contributed by atoms with Crippen LogP contribution in [0.2, 0.25) is 0 Å². The average Bonchev–Trinajstić information content (AvgIpc) is 2.81. The molecule has 0 aliphatic rings. The molecule has 0 fully saturated rings. The summed E-state index contributed by atoms with van der Waals surface area (Å²) in [7, 11) is 1.64. The third-order valence-corrected chi connectivity index (χ3v) is 5.25. The molecule has 0 saturated heterocycles. The van der Waals surface area contributed by atoms with Gasteiger partial charge in [-0.05, 0) is 71.3 Å². The van der Waals surface area contributed by atoms with E-state index in [0.717, 1.165) is 34.1 Å². The van der Waals surface area contributed by atoms with Crippen molar-refractivity contribution in [1.82, 2.24) is 5.32 Å². The zero-order valence-corrected chi connectivity index (χ0v) is 18.5. The Morgan fingerprint density at radius 2 is 1.59 bits per heavy atom. The van der Waals surface area contributed by atoms with E-state index in [-0.39, 0.29) is 24.1 Å². The highest BCUT2D eigenvalue weighted by molar-refractivity contribution is 5.98. The number of carbonyl (C=O) groups is 1. The van der Waals surface area contributed by atoms with Crippen LogP contribution in [-0.4, -0.2) is 19.6 Å². The fourth-order valence-corrected chi connectivity index (χ4v) is 3.48. The van der Waals surface area contributed by atoms with Crippen molar-refractivity contribution in [2.45, 2.75) is 13.0 Å². The number of benzene rings is 3. The summed E-state index contributed by atoms with van der Waals surface area (Å²) in [6.07, 6.45) is 4.74. The Hall–Kier alpha value is -3.44. The van der Waals surface area contributed by atoms with Crippen LogP contribution >= 0.6 is 0 Å². The Labute approximate surface area is 193 Å². The molecule has 4 nitrogen and oxygen atoms in total. The van der Waals surface area contributed by atoms with Crippen LogP contribution in [0.25, 0.3) is 10.8 Å². The lowest BCUT2D eigenvalue weighted by atomic mass is 10.1. The third-order valence-electron chi connectivity index (χ3n) is 5.25. The minimum Gasteiger partial charge on any atom is -1.00 e. The van der Waals surface area contributed by atoms with Gasteiger partial charge in [-0.1, -0.05) is 12.1 Å². The maximum atomic E-state index is 13.0. The number of nitrogens with one attached hydrogen (secondary N) is 1. The predicted octanol–water partition coefficient (Wildman–Crippen LogP) is 1.30. The van der Waals surface area contributed by atoms with Crippen molar-refractivity contribution in [3.8, 4) is 5.75 Å². The Bertz CT molecular complexity index is 1190. The molecule has 4 aromatic rings. The highest BCUT2D eigenvalue weighted by Gasteiger charge is 2.08. The first kappa shape index (κ1) is 23.2. The van der Waals surface area contributed by atoms with Gasteiger partial charge in [0.25, 0.3) is 5.91 Å². The highest BCUT2D eigenvalue weighted by atomic mass is 35.5. The average molecular weight is 451 g/mol. The molecule has 0 aliphatic carbocycles. The number of amides is 1. The van der Waals surface area contributed by atoms with Crippen LogP contribution in [0.1, 0.15) is 21.5 Å². The van der Waals surface area contributed by atoms with Crippen molar-refractivity contribution < 1.29 is 30.9 Å². The molecule has 0 saturated carbocycles. The summed E-state index contributed by atoms with van der Waals surface area (Å²) in [5, 5.41) is 5.03. The molecule has 1 amide bonds. The van der Waals surface area contributed by atoms with Crippen molar-refractivity contribution in [1.29, 1.82) is 0 Å². The first-order chi connectivity index (χ1) is 15.1. The molecule has 32 heavy (non-hydrogen) atoms. The second-order valence-corrected chi connectivity index (χ2v) is 7.44. The van der Waals surface area contributed by atoms with E-state index in [2.05, 4.69) is 5.32 Å². The smallest absolute Gasteiger partial charge is 0.251 e. The molecular formula is C26H24ClFN2O2. The van der Waals surface area contributed by atoms with Gasteiger partial charge in [-0.25, -0.2) is 8.96 Å². The Morgan fingerprint density at radius 3 is 2.31 bits per heavy atom. The first-order valence-corrected chi connectivity index (χ1v) is 10.2. The summed E-state index contributed by atoms with van der Waals surface area (Å²) in [5.74, 6) is 0.488. The van der Waals surface area contributed by atoms with E-state index >= 15 is 0 Å². The largest absolute Gasteiger partial charge is 1.00 e. The second-order valence-electron chi connectivity index (χ2n) is 7.44. The van der Waals surface area contributed by atoms with E-state index in [0.29, 0.717) is 18.7 Å². The quantitative estimate of drug-likeness (QED) is 0.431. The standard InChI is InChI=1S/C26H23FN2O2.ClH/c1-31-25-9-6-21-16-23(5-4-22(21)17-25)26(30)28-13-10-19-11-14-29(15-12-19)18-20-2-7-24(27)8-3-20;/h2-9,11-12,14-17H,10,13,18H2,1H3;1H. The van der Waals surface area contributed by atoms with E-state index in [1.54, 1.807) is 19.2 Å². The van der Waals surface area contributed by atoms with E-state index < -0.39 is 0 Å². The zero-order valence-electron chi connectivity index (χ0n) is 17.7. The maximum absolute atomic E-state index is 13.0. The normalized spacial score (nSPS) is 10.4. The topological polar surface area (TPSA) is 42.2 Å². The number of hydrogen-bond acceptors (Lipinski definition) is 2. The van der Waals surface area contributed by atoms with E-state index in [9.17, 15) is 9.18 Å².